The lowest BCUT2D eigenvalue weighted by molar-refractivity contribution is -0.123. The number of Topliss-reactive ketones (excluding diaryl/α,β-unsaturated/α-hetero) is 1. The van der Waals surface area contributed by atoms with E-state index in [1.165, 1.54) is 13.0 Å². The molecule has 23 heavy (non-hydrogen) atoms. The van der Waals surface area contributed by atoms with Crippen LogP contribution in [0.5, 0.6) is 5.75 Å². The van der Waals surface area contributed by atoms with Gasteiger partial charge in [0.2, 0.25) is 0 Å². The van der Waals surface area contributed by atoms with Gasteiger partial charge in [0, 0.05) is 16.6 Å². The van der Waals surface area contributed by atoms with Crippen LogP contribution >= 0.6 is 23.2 Å². The van der Waals surface area contributed by atoms with Gasteiger partial charge in [-0.2, -0.15) is 0 Å². The third-order valence-corrected chi connectivity index (χ3v) is 3.57. The molecule has 0 aliphatic rings. The van der Waals surface area contributed by atoms with E-state index in [9.17, 15) is 9.59 Å². The Labute approximate surface area is 144 Å². The maximum atomic E-state index is 11.8. The first-order chi connectivity index (χ1) is 11.0. The van der Waals surface area contributed by atoms with Crippen LogP contribution in [-0.2, 0) is 11.3 Å². The summed E-state index contributed by atoms with van der Waals surface area (Å²) in [6.07, 6.45) is 0. The molecule has 0 saturated heterocycles. The maximum Gasteiger partial charge on any atom is 0.258 e. The molecule has 0 atom stereocenters. The summed E-state index contributed by atoms with van der Waals surface area (Å²) in [5, 5.41) is 3.81. The van der Waals surface area contributed by atoms with Gasteiger partial charge in [-0.05, 0) is 42.8 Å². The zero-order chi connectivity index (χ0) is 16.8. The van der Waals surface area contributed by atoms with Gasteiger partial charge in [0.1, 0.15) is 5.75 Å². The highest BCUT2D eigenvalue weighted by Crippen LogP contribution is 2.23. The number of benzene rings is 2. The van der Waals surface area contributed by atoms with E-state index in [2.05, 4.69) is 5.32 Å². The minimum absolute atomic E-state index is 0.177. The fourth-order valence-electron chi connectivity index (χ4n) is 1.90. The first kappa shape index (κ1) is 17.3. The number of rotatable bonds is 6. The second-order valence-corrected chi connectivity index (χ2v) is 5.76. The average Bonchev–Trinajstić information content (AvgIpc) is 2.53. The number of ether oxygens (including phenoxy) is 1. The Balaban J connectivity index is 1.89. The minimum Gasteiger partial charge on any atom is -0.483 e. The number of nitrogens with one attached hydrogen (secondary N) is 1. The maximum absolute atomic E-state index is 11.8. The van der Waals surface area contributed by atoms with E-state index in [4.69, 9.17) is 27.9 Å². The van der Waals surface area contributed by atoms with Crippen molar-refractivity contribution in [3.8, 4) is 5.75 Å². The van der Waals surface area contributed by atoms with Crippen molar-refractivity contribution < 1.29 is 14.3 Å². The summed E-state index contributed by atoms with van der Waals surface area (Å²) >= 11 is 11.7. The van der Waals surface area contributed by atoms with Crippen LogP contribution in [0, 0.1) is 0 Å². The van der Waals surface area contributed by atoms with E-state index in [0.29, 0.717) is 27.9 Å². The molecule has 0 bridgehead atoms. The quantitative estimate of drug-likeness (QED) is 0.803. The Hall–Kier alpha value is -2.04. The van der Waals surface area contributed by atoms with Crippen LogP contribution in [0.15, 0.2) is 42.5 Å². The first-order valence-electron chi connectivity index (χ1n) is 6.90. The average molecular weight is 352 g/mol. The highest BCUT2D eigenvalue weighted by Gasteiger charge is 2.11. The molecule has 0 spiro atoms. The van der Waals surface area contributed by atoms with Crippen LogP contribution in [0.4, 0.5) is 0 Å². The molecule has 4 nitrogen and oxygen atoms in total. The number of amides is 1. The molecule has 0 radical (unpaired) electrons. The number of ketones is 1. The topological polar surface area (TPSA) is 55.4 Å². The molecule has 120 valence electrons. The molecule has 0 aromatic heterocycles. The van der Waals surface area contributed by atoms with Crippen molar-refractivity contribution in [2.75, 3.05) is 6.61 Å². The van der Waals surface area contributed by atoms with E-state index in [0.717, 1.165) is 5.56 Å². The summed E-state index contributed by atoms with van der Waals surface area (Å²) in [4.78, 5) is 23.4. The van der Waals surface area contributed by atoms with Gasteiger partial charge in [0.25, 0.3) is 5.91 Å². The molecule has 2 aromatic rings. The van der Waals surface area contributed by atoms with Gasteiger partial charge in [0.15, 0.2) is 12.4 Å². The second-order valence-electron chi connectivity index (χ2n) is 4.89. The van der Waals surface area contributed by atoms with Gasteiger partial charge in [-0.3, -0.25) is 9.59 Å². The van der Waals surface area contributed by atoms with Crippen LogP contribution < -0.4 is 10.1 Å². The van der Waals surface area contributed by atoms with E-state index < -0.39 is 0 Å². The van der Waals surface area contributed by atoms with Gasteiger partial charge in [-0.1, -0.05) is 35.3 Å². The highest BCUT2D eigenvalue weighted by molar-refractivity contribution is 6.31. The lowest BCUT2D eigenvalue weighted by atomic mass is 10.1. The Bertz CT molecular complexity index is 714. The van der Waals surface area contributed by atoms with E-state index in [-0.39, 0.29) is 18.3 Å². The Kier molecular flexibility index (Phi) is 6.02. The van der Waals surface area contributed by atoms with Crippen molar-refractivity contribution in [2.45, 2.75) is 13.5 Å². The molecule has 0 fully saturated rings. The zero-order valence-electron chi connectivity index (χ0n) is 12.4. The monoisotopic (exact) mass is 351 g/mol. The molecule has 0 saturated carbocycles. The number of halogens is 2. The van der Waals surface area contributed by atoms with Crippen molar-refractivity contribution in [1.82, 2.24) is 5.32 Å². The molecule has 0 heterocycles. The van der Waals surface area contributed by atoms with Gasteiger partial charge in [0.05, 0.1) is 5.56 Å². The third kappa shape index (κ3) is 5.27. The Morgan fingerprint density at radius 1 is 1.04 bits per heavy atom. The minimum atomic E-state index is -0.288. The Morgan fingerprint density at radius 2 is 1.70 bits per heavy atom. The van der Waals surface area contributed by atoms with Gasteiger partial charge in [-0.25, -0.2) is 0 Å². The molecule has 6 heteroatoms. The summed E-state index contributed by atoms with van der Waals surface area (Å²) in [7, 11) is 0. The summed E-state index contributed by atoms with van der Waals surface area (Å²) in [5.74, 6) is -0.128. The largest absolute Gasteiger partial charge is 0.483 e. The third-order valence-electron chi connectivity index (χ3n) is 3.08. The van der Waals surface area contributed by atoms with Gasteiger partial charge in [-0.15, -0.1) is 0 Å². The van der Waals surface area contributed by atoms with E-state index >= 15 is 0 Å². The smallest absolute Gasteiger partial charge is 0.258 e. The standard InChI is InChI=1S/C17H15Cl2NO3/c1-11(21)15-8-14(19)6-7-16(15)23-10-17(22)20-9-12-2-4-13(18)5-3-12/h2-8H,9-10H2,1H3,(H,20,22). The molecular weight excluding hydrogens is 337 g/mol. The number of carbonyl (C=O) groups excluding carboxylic acids is 2. The van der Waals surface area contributed by atoms with Gasteiger partial charge >= 0.3 is 0 Å². The molecule has 1 amide bonds. The van der Waals surface area contributed by atoms with Crippen LogP contribution in [0.25, 0.3) is 0 Å². The number of carbonyl (C=O) groups is 2. The Morgan fingerprint density at radius 3 is 2.35 bits per heavy atom. The van der Waals surface area contributed by atoms with E-state index in [1.807, 2.05) is 12.1 Å². The normalized spacial score (nSPS) is 10.2. The number of hydrogen-bond acceptors (Lipinski definition) is 3. The first-order valence-corrected chi connectivity index (χ1v) is 7.66. The summed E-state index contributed by atoms with van der Waals surface area (Å²) in [5.41, 5.74) is 1.28. The molecule has 0 unspecified atom stereocenters. The van der Waals surface area contributed by atoms with Crippen LogP contribution in [0.3, 0.4) is 0 Å². The van der Waals surface area contributed by atoms with Crippen LogP contribution in [-0.4, -0.2) is 18.3 Å². The molecule has 0 aliphatic heterocycles. The summed E-state index contributed by atoms with van der Waals surface area (Å²) in [6, 6.07) is 11.9. The van der Waals surface area contributed by atoms with Crippen molar-refractivity contribution in [3.63, 3.8) is 0 Å². The molecule has 2 aromatic carbocycles. The fraction of sp³-hybridized carbons (Fsp3) is 0.176. The molecular formula is C17H15Cl2NO3. The van der Waals surface area contributed by atoms with Crippen molar-refractivity contribution in [3.05, 3.63) is 63.6 Å². The molecule has 1 N–H and O–H groups in total. The summed E-state index contributed by atoms with van der Waals surface area (Å²) < 4.78 is 5.41. The summed E-state index contributed by atoms with van der Waals surface area (Å²) in [6.45, 7) is 1.61. The highest BCUT2D eigenvalue weighted by atomic mass is 35.5. The second kappa shape index (κ2) is 7.99. The predicted octanol–water partition coefficient (Wildman–Crippen LogP) is 3.89. The lowest BCUT2D eigenvalue weighted by Gasteiger charge is -2.10. The molecule has 0 aliphatic carbocycles. The van der Waals surface area contributed by atoms with Crippen LogP contribution in [0.2, 0.25) is 10.0 Å². The van der Waals surface area contributed by atoms with Crippen molar-refractivity contribution in [1.29, 1.82) is 0 Å². The SMILES string of the molecule is CC(=O)c1cc(Cl)ccc1OCC(=O)NCc1ccc(Cl)cc1. The fourth-order valence-corrected chi connectivity index (χ4v) is 2.20. The molecule has 2 rings (SSSR count). The van der Waals surface area contributed by atoms with E-state index in [1.54, 1.807) is 24.3 Å². The van der Waals surface area contributed by atoms with Crippen molar-refractivity contribution in [2.24, 2.45) is 0 Å². The zero-order valence-corrected chi connectivity index (χ0v) is 13.9. The number of hydrogen-bond donors (Lipinski definition) is 1. The van der Waals surface area contributed by atoms with Crippen molar-refractivity contribution >= 4 is 34.9 Å². The van der Waals surface area contributed by atoms with Crippen LogP contribution in [0.1, 0.15) is 22.8 Å². The van der Waals surface area contributed by atoms with Gasteiger partial charge < -0.3 is 10.1 Å². The predicted molar refractivity (Wildman–Crippen MR) is 90.3 cm³/mol. The lowest BCUT2D eigenvalue weighted by Crippen LogP contribution is -2.28.